The van der Waals surface area contributed by atoms with Crippen LogP contribution in [0.1, 0.15) is 24.5 Å². The molecule has 0 unspecified atom stereocenters. The summed E-state index contributed by atoms with van der Waals surface area (Å²) >= 11 is 0. The van der Waals surface area contributed by atoms with Crippen molar-refractivity contribution in [3.8, 4) is 0 Å². The van der Waals surface area contributed by atoms with Crippen molar-refractivity contribution in [2.75, 3.05) is 11.4 Å². The SMILES string of the molecule is CCNC(=O)C[C@@H]1C(=O)N(c2ccccc2)C(=O)N1Cc1ccc(C)cc1. The molecule has 2 aromatic rings. The number of nitrogens with zero attached hydrogens (tertiary/aromatic N) is 2. The van der Waals surface area contributed by atoms with Gasteiger partial charge in [-0.25, -0.2) is 9.69 Å². The molecular formula is C21H23N3O3. The van der Waals surface area contributed by atoms with Crippen LogP contribution in [-0.2, 0) is 16.1 Å². The summed E-state index contributed by atoms with van der Waals surface area (Å²) in [6.07, 6.45) is -0.0480. The number of nitrogens with one attached hydrogen (secondary N) is 1. The van der Waals surface area contributed by atoms with Gasteiger partial charge in [0.25, 0.3) is 5.91 Å². The van der Waals surface area contributed by atoms with Crippen molar-refractivity contribution in [3.63, 3.8) is 0 Å². The zero-order valence-electron chi connectivity index (χ0n) is 15.5. The third kappa shape index (κ3) is 4.00. The molecule has 27 heavy (non-hydrogen) atoms. The first-order valence-electron chi connectivity index (χ1n) is 9.03. The monoisotopic (exact) mass is 365 g/mol. The van der Waals surface area contributed by atoms with Gasteiger partial charge in [-0.05, 0) is 31.5 Å². The standard InChI is InChI=1S/C21H23N3O3/c1-3-22-19(25)13-18-20(26)24(17-7-5-4-6-8-17)21(27)23(18)14-16-11-9-15(2)10-12-16/h4-12,18H,3,13-14H2,1-2H3,(H,22,25)/t18-/m1/s1. The van der Waals surface area contributed by atoms with Crippen LogP contribution < -0.4 is 10.2 Å². The highest BCUT2D eigenvalue weighted by molar-refractivity contribution is 6.22. The maximum atomic E-state index is 13.0. The summed E-state index contributed by atoms with van der Waals surface area (Å²) in [5.41, 5.74) is 2.55. The van der Waals surface area contributed by atoms with E-state index in [4.69, 9.17) is 0 Å². The number of hydrogen-bond acceptors (Lipinski definition) is 3. The van der Waals surface area contributed by atoms with E-state index in [0.717, 1.165) is 16.0 Å². The maximum absolute atomic E-state index is 13.0. The van der Waals surface area contributed by atoms with Crippen LogP contribution >= 0.6 is 0 Å². The second-order valence-electron chi connectivity index (χ2n) is 6.58. The van der Waals surface area contributed by atoms with Crippen LogP contribution in [0.2, 0.25) is 0 Å². The Labute approximate surface area is 158 Å². The van der Waals surface area contributed by atoms with Gasteiger partial charge in [0, 0.05) is 13.1 Å². The van der Waals surface area contributed by atoms with E-state index in [1.54, 1.807) is 24.3 Å². The van der Waals surface area contributed by atoms with E-state index in [1.807, 2.05) is 44.2 Å². The molecule has 1 heterocycles. The van der Waals surface area contributed by atoms with Crippen LogP contribution in [0.15, 0.2) is 54.6 Å². The summed E-state index contributed by atoms with van der Waals surface area (Å²) in [4.78, 5) is 40.8. The number of benzene rings is 2. The molecule has 4 amide bonds. The summed E-state index contributed by atoms with van der Waals surface area (Å²) in [5, 5.41) is 2.71. The van der Waals surface area contributed by atoms with Gasteiger partial charge in [0.2, 0.25) is 5.91 Å². The van der Waals surface area contributed by atoms with E-state index in [1.165, 1.54) is 4.90 Å². The van der Waals surface area contributed by atoms with Crippen LogP contribution in [0.4, 0.5) is 10.5 Å². The number of carbonyl (C=O) groups is 3. The van der Waals surface area contributed by atoms with Crippen LogP contribution in [0.25, 0.3) is 0 Å². The molecule has 0 saturated carbocycles. The number of hydrogen-bond donors (Lipinski definition) is 1. The molecule has 6 nitrogen and oxygen atoms in total. The quantitative estimate of drug-likeness (QED) is 0.801. The van der Waals surface area contributed by atoms with Crippen LogP contribution in [0, 0.1) is 6.92 Å². The van der Waals surface area contributed by atoms with Crippen molar-refractivity contribution >= 4 is 23.5 Å². The van der Waals surface area contributed by atoms with E-state index in [-0.39, 0.29) is 24.8 Å². The largest absolute Gasteiger partial charge is 0.356 e. The molecule has 1 aliphatic heterocycles. The van der Waals surface area contributed by atoms with Gasteiger partial charge in [0.05, 0.1) is 12.1 Å². The van der Waals surface area contributed by atoms with Crippen molar-refractivity contribution in [2.24, 2.45) is 0 Å². The molecule has 1 aliphatic rings. The Hall–Kier alpha value is -3.15. The molecule has 0 radical (unpaired) electrons. The van der Waals surface area contributed by atoms with E-state index in [0.29, 0.717) is 12.2 Å². The van der Waals surface area contributed by atoms with Crippen molar-refractivity contribution in [1.82, 2.24) is 10.2 Å². The third-order valence-electron chi connectivity index (χ3n) is 4.56. The predicted octanol–water partition coefficient (Wildman–Crippen LogP) is 2.86. The minimum atomic E-state index is -0.814. The summed E-state index contributed by atoms with van der Waals surface area (Å²) in [6.45, 7) is 4.56. The molecule has 0 spiro atoms. The first-order valence-corrected chi connectivity index (χ1v) is 9.03. The molecule has 3 rings (SSSR count). The summed E-state index contributed by atoms with van der Waals surface area (Å²) in [7, 11) is 0. The van der Waals surface area contributed by atoms with E-state index in [2.05, 4.69) is 5.32 Å². The second kappa shape index (κ2) is 8.03. The average Bonchev–Trinajstić information content (AvgIpc) is 2.88. The van der Waals surface area contributed by atoms with Crippen molar-refractivity contribution < 1.29 is 14.4 Å². The Morgan fingerprint density at radius 2 is 1.70 bits per heavy atom. The smallest absolute Gasteiger partial charge is 0.332 e. The Kier molecular flexibility index (Phi) is 5.54. The van der Waals surface area contributed by atoms with Crippen LogP contribution in [0.3, 0.4) is 0 Å². The molecule has 0 aliphatic carbocycles. The highest BCUT2D eigenvalue weighted by Gasteiger charge is 2.46. The average molecular weight is 365 g/mol. The molecule has 1 saturated heterocycles. The fourth-order valence-corrected chi connectivity index (χ4v) is 3.16. The molecule has 0 aromatic heterocycles. The first-order chi connectivity index (χ1) is 13.0. The molecule has 1 atom stereocenters. The zero-order valence-corrected chi connectivity index (χ0v) is 15.5. The summed E-state index contributed by atoms with van der Waals surface area (Å²) in [6, 6.07) is 15.4. The van der Waals surface area contributed by atoms with Crippen molar-refractivity contribution in [2.45, 2.75) is 32.9 Å². The topological polar surface area (TPSA) is 69.7 Å². The second-order valence-corrected chi connectivity index (χ2v) is 6.58. The lowest BCUT2D eigenvalue weighted by atomic mass is 10.1. The van der Waals surface area contributed by atoms with Gasteiger partial charge < -0.3 is 10.2 Å². The maximum Gasteiger partial charge on any atom is 0.332 e. The Morgan fingerprint density at radius 3 is 2.33 bits per heavy atom. The minimum absolute atomic E-state index is 0.0480. The van der Waals surface area contributed by atoms with Gasteiger partial charge >= 0.3 is 6.03 Å². The fraction of sp³-hybridized carbons (Fsp3) is 0.286. The lowest BCUT2D eigenvalue weighted by Crippen LogP contribution is -2.39. The predicted molar refractivity (Wildman–Crippen MR) is 103 cm³/mol. The third-order valence-corrected chi connectivity index (χ3v) is 4.56. The number of carbonyl (C=O) groups excluding carboxylic acids is 3. The normalized spacial score (nSPS) is 16.7. The highest BCUT2D eigenvalue weighted by atomic mass is 16.2. The fourth-order valence-electron chi connectivity index (χ4n) is 3.16. The highest BCUT2D eigenvalue weighted by Crippen LogP contribution is 2.28. The number of urea groups is 1. The van der Waals surface area contributed by atoms with Crippen LogP contribution in [0.5, 0.6) is 0 Å². The molecule has 0 bridgehead atoms. The van der Waals surface area contributed by atoms with Gasteiger partial charge in [-0.2, -0.15) is 0 Å². The van der Waals surface area contributed by atoms with Crippen molar-refractivity contribution in [3.05, 3.63) is 65.7 Å². The molecule has 1 N–H and O–H groups in total. The zero-order chi connectivity index (χ0) is 19.4. The summed E-state index contributed by atoms with van der Waals surface area (Å²) < 4.78 is 0. The Morgan fingerprint density at radius 1 is 1.04 bits per heavy atom. The van der Waals surface area contributed by atoms with Gasteiger partial charge in [-0.15, -0.1) is 0 Å². The van der Waals surface area contributed by atoms with E-state index in [9.17, 15) is 14.4 Å². The van der Waals surface area contributed by atoms with Gasteiger partial charge in [-0.1, -0.05) is 48.0 Å². The number of imide groups is 1. The Balaban J connectivity index is 1.90. The lowest BCUT2D eigenvalue weighted by molar-refractivity contribution is -0.127. The summed E-state index contributed by atoms with van der Waals surface area (Å²) in [5.74, 6) is -0.614. The minimum Gasteiger partial charge on any atom is -0.356 e. The molecule has 1 fully saturated rings. The van der Waals surface area contributed by atoms with Gasteiger partial charge in [-0.3, -0.25) is 9.59 Å². The number of amides is 4. The first kappa shape index (κ1) is 18.6. The molecule has 6 heteroatoms. The Bertz CT molecular complexity index is 834. The van der Waals surface area contributed by atoms with Gasteiger partial charge in [0.1, 0.15) is 6.04 Å². The molecule has 140 valence electrons. The van der Waals surface area contributed by atoms with Crippen molar-refractivity contribution in [1.29, 1.82) is 0 Å². The van der Waals surface area contributed by atoms with E-state index < -0.39 is 12.1 Å². The van der Waals surface area contributed by atoms with Crippen LogP contribution in [-0.4, -0.2) is 35.3 Å². The number of anilines is 1. The van der Waals surface area contributed by atoms with Gasteiger partial charge in [0.15, 0.2) is 0 Å². The van der Waals surface area contributed by atoms with E-state index >= 15 is 0 Å². The number of para-hydroxylation sites is 1. The molecular weight excluding hydrogens is 342 g/mol. The molecule has 2 aromatic carbocycles. The lowest BCUT2D eigenvalue weighted by Gasteiger charge is -2.21. The number of aryl methyl sites for hydroxylation is 1. The number of rotatable bonds is 6.